The number of halogens is 3. The summed E-state index contributed by atoms with van der Waals surface area (Å²) < 4.78 is 40.0. The summed E-state index contributed by atoms with van der Waals surface area (Å²) in [6.07, 6.45) is -1.11. The maximum atomic E-state index is 12.9. The second-order valence-electron chi connectivity index (χ2n) is 7.24. The summed E-state index contributed by atoms with van der Waals surface area (Å²) in [5.74, 6) is 0.480. The molecule has 0 aromatic carbocycles. The van der Waals surface area contributed by atoms with Crippen molar-refractivity contribution in [3.05, 3.63) is 17.5 Å². The number of hydrogen-bond donors (Lipinski definition) is 2. The molecule has 1 aromatic heterocycles. The molecule has 1 unspecified atom stereocenters. The average Bonchev–Trinajstić information content (AvgIpc) is 2.81. The van der Waals surface area contributed by atoms with Crippen LogP contribution < -0.4 is 10.6 Å². The SMILES string of the molecule is CN=C(NCc1cn(C)nc1C(F)(F)F)NC(C)CCC(C)(C)C. The number of alkyl halides is 3. The van der Waals surface area contributed by atoms with Gasteiger partial charge in [-0.25, -0.2) is 0 Å². The predicted octanol–water partition coefficient (Wildman–Crippen LogP) is 3.32. The van der Waals surface area contributed by atoms with Gasteiger partial charge < -0.3 is 10.6 Å². The Morgan fingerprint density at radius 2 is 1.96 bits per heavy atom. The average molecular weight is 347 g/mol. The van der Waals surface area contributed by atoms with E-state index < -0.39 is 11.9 Å². The van der Waals surface area contributed by atoms with Crippen LogP contribution in [-0.4, -0.2) is 28.8 Å². The Balaban J connectivity index is 2.62. The molecule has 5 nitrogen and oxygen atoms in total. The maximum Gasteiger partial charge on any atom is 0.435 e. The Morgan fingerprint density at radius 3 is 2.46 bits per heavy atom. The van der Waals surface area contributed by atoms with Crippen molar-refractivity contribution in [3.8, 4) is 0 Å². The van der Waals surface area contributed by atoms with Crippen molar-refractivity contribution in [1.82, 2.24) is 20.4 Å². The van der Waals surface area contributed by atoms with E-state index in [2.05, 4.69) is 41.5 Å². The smallest absolute Gasteiger partial charge is 0.354 e. The van der Waals surface area contributed by atoms with Crippen LogP contribution in [0.4, 0.5) is 13.2 Å². The molecule has 0 saturated carbocycles. The van der Waals surface area contributed by atoms with E-state index in [-0.39, 0.29) is 23.6 Å². The van der Waals surface area contributed by atoms with Crippen molar-refractivity contribution in [1.29, 1.82) is 0 Å². The fraction of sp³-hybridized carbons (Fsp3) is 0.750. The first-order valence-corrected chi connectivity index (χ1v) is 7.99. The van der Waals surface area contributed by atoms with Crippen LogP contribution in [0.1, 0.15) is 51.8 Å². The van der Waals surface area contributed by atoms with Crippen LogP contribution in [0.2, 0.25) is 0 Å². The van der Waals surface area contributed by atoms with Crippen molar-refractivity contribution >= 4 is 5.96 Å². The van der Waals surface area contributed by atoms with E-state index in [1.54, 1.807) is 7.05 Å². The summed E-state index contributed by atoms with van der Waals surface area (Å²) in [5, 5.41) is 9.62. The monoisotopic (exact) mass is 347 g/mol. The highest BCUT2D eigenvalue weighted by Gasteiger charge is 2.36. The second kappa shape index (κ2) is 7.90. The Bertz CT molecular complexity index is 555. The molecule has 0 aliphatic carbocycles. The highest BCUT2D eigenvalue weighted by Crippen LogP contribution is 2.30. The number of aryl methyl sites for hydroxylation is 1. The largest absolute Gasteiger partial charge is 0.435 e. The number of rotatable bonds is 5. The lowest BCUT2D eigenvalue weighted by Gasteiger charge is -2.23. The van der Waals surface area contributed by atoms with Gasteiger partial charge >= 0.3 is 6.18 Å². The first-order valence-electron chi connectivity index (χ1n) is 7.99. The minimum atomic E-state index is -4.46. The zero-order valence-electron chi connectivity index (χ0n) is 15.3. The highest BCUT2D eigenvalue weighted by molar-refractivity contribution is 5.79. The molecule has 0 bridgehead atoms. The lowest BCUT2D eigenvalue weighted by atomic mass is 9.89. The van der Waals surface area contributed by atoms with Gasteiger partial charge in [0.2, 0.25) is 0 Å². The van der Waals surface area contributed by atoms with E-state index >= 15 is 0 Å². The van der Waals surface area contributed by atoms with Crippen molar-refractivity contribution in [3.63, 3.8) is 0 Å². The highest BCUT2D eigenvalue weighted by atomic mass is 19.4. The van der Waals surface area contributed by atoms with Crippen LogP contribution in [0.5, 0.6) is 0 Å². The van der Waals surface area contributed by atoms with E-state index in [1.165, 1.54) is 17.9 Å². The van der Waals surface area contributed by atoms with Crippen LogP contribution >= 0.6 is 0 Å². The quantitative estimate of drug-likeness (QED) is 0.635. The molecule has 1 atom stereocenters. The summed E-state index contributed by atoms with van der Waals surface area (Å²) >= 11 is 0. The third-order valence-electron chi connectivity index (χ3n) is 3.55. The third-order valence-corrected chi connectivity index (χ3v) is 3.55. The van der Waals surface area contributed by atoms with Crippen LogP contribution in [-0.2, 0) is 19.8 Å². The van der Waals surface area contributed by atoms with Crippen molar-refractivity contribution < 1.29 is 13.2 Å². The molecular formula is C16H28F3N5. The molecule has 138 valence electrons. The molecule has 0 aliphatic heterocycles. The first-order chi connectivity index (χ1) is 10.9. The van der Waals surface area contributed by atoms with Crippen LogP contribution in [0.15, 0.2) is 11.2 Å². The number of hydrogen-bond acceptors (Lipinski definition) is 2. The number of aromatic nitrogens is 2. The number of aliphatic imine (C=N–C) groups is 1. The molecule has 0 radical (unpaired) electrons. The predicted molar refractivity (Wildman–Crippen MR) is 89.7 cm³/mol. The fourth-order valence-electron chi connectivity index (χ4n) is 2.23. The van der Waals surface area contributed by atoms with Crippen molar-refractivity contribution in [2.75, 3.05) is 7.05 Å². The molecule has 1 aromatic rings. The molecule has 24 heavy (non-hydrogen) atoms. The van der Waals surface area contributed by atoms with Gasteiger partial charge in [0, 0.05) is 38.4 Å². The molecule has 1 heterocycles. The summed E-state index contributed by atoms with van der Waals surface area (Å²) in [5.41, 5.74) is -0.534. The Labute approximate surface area is 141 Å². The third kappa shape index (κ3) is 6.80. The van der Waals surface area contributed by atoms with Crippen LogP contribution in [0.3, 0.4) is 0 Å². The van der Waals surface area contributed by atoms with Gasteiger partial charge in [-0.2, -0.15) is 18.3 Å². The van der Waals surface area contributed by atoms with Crippen LogP contribution in [0.25, 0.3) is 0 Å². The molecule has 0 spiro atoms. The summed E-state index contributed by atoms with van der Waals surface area (Å²) in [7, 11) is 3.07. The van der Waals surface area contributed by atoms with Gasteiger partial charge in [-0.05, 0) is 25.2 Å². The number of nitrogens with zero attached hydrogens (tertiary/aromatic N) is 3. The van der Waals surface area contributed by atoms with Crippen molar-refractivity contribution in [2.45, 2.75) is 59.3 Å². The van der Waals surface area contributed by atoms with E-state index in [4.69, 9.17) is 0 Å². The molecular weight excluding hydrogens is 319 g/mol. The fourth-order valence-corrected chi connectivity index (χ4v) is 2.23. The Morgan fingerprint density at radius 1 is 1.33 bits per heavy atom. The minimum Gasteiger partial charge on any atom is -0.354 e. The van der Waals surface area contributed by atoms with E-state index in [1.807, 2.05) is 6.92 Å². The molecule has 0 amide bonds. The molecule has 0 saturated heterocycles. The van der Waals surface area contributed by atoms with Gasteiger partial charge in [-0.15, -0.1) is 0 Å². The second-order valence-corrected chi connectivity index (χ2v) is 7.24. The summed E-state index contributed by atoms with van der Waals surface area (Å²) in [4.78, 5) is 4.07. The van der Waals surface area contributed by atoms with Crippen LogP contribution in [0, 0.1) is 5.41 Å². The first kappa shape index (κ1) is 20.3. The topological polar surface area (TPSA) is 54.2 Å². The van der Waals surface area contributed by atoms with E-state index in [9.17, 15) is 13.2 Å². The molecule has 8 heteroatoms. The number of nitrogens with one attached hydrogen (secondary N) is 2. The lowest BCUT2D eigenvalue weighted by molar-refractivity contribution is -0.142. The van der Waals surface area contributed by atoms with Gasteiger partial charge in [0.1, 0.15) is 0 Å². The Hall–Kier alpha value is -1.73. The number of guanidine groups is 1. The molecule has 0 fully saturated rings. The van der Waals surface area contributed by atoms with Gasteiger partial charge in [0.25, 0.3) is 0 Å². The lowest BCUT2D eigenvalue weighted by Crippen LogP contribution is -2.42. The molecule has 0 aliphatic rings. The van der Waals surface area contributed by atoms with E-state index in [0.717, 1.165) is 12.8 Å². The normalized spacial score (nSPS) is 14.6. The van der Waals surface area contributed by atoms with Gasteiger partial charge in [-0.3, -0.25) is 9.67 Å². The van der Waals surface area contributed by atoms with E-state index in [0.29, 0.717) is 5.96 Å². The minimum absolute atomic E-state index is 0.00828. The molecule has 1 rings (SSSR count). The van der Waals surface area contributed by atoms with Crippen molar-refractivity contribution in [2.24, 2.45) is 17.5 Å². The Kier molecular flexibility index (Phi) is 6.68. The summed E-state index contributed by atoms with van der Waals surface area (Å²) in [6, 6.07) is 0.173. The van der Waals surface area contributed by atoms with Gasteiger partial charge in [0.05, 0.1) is 0 Å². The maximum absolute atomic E-state index is 12.9. The van der Waals surface area contributed by atoms with Gasteiger partial charge in [0.15, 0.2) is 11.7 Å². The standard InChI is InChI=1S/C16H28F3N5/c1-11(7-8-15(2,3)4)22-14(20-5)21-9-12-10-24(6)23-13(12)16(17,18)19/h10-11H,7-9H2,1-6H3,(H2,20,21,22). The zero-order chi connectivity index (χ0) is 18.5. The molecule has 2 N–H and O–H groups in total. The zero-order valence-corrected chi connectivity index (χ0v) is 15.3. The van der Waals surface area contributed by atoms with Gasteiger partial charge in [-0.1, -0.05) is 20.8 Å². The summed E-state index contributed by atoms with van der Waals surface area (Å²) in [6.45, 7) is 8.56.